The molecule has 0 N–H and O–H groups in total. The van der Waals surface area contributed by atoms with Crippen molar-refractivity contribution in [2.75, 3.05) is 6.61 Å². The molecular weight excluding hydrogens is 342 g/mol. The van der Waals surface area contributed by atoms with E-state index in [1.54, 1.807) is 0 Å². The van der Waals surface area contributed by atoms with Crippen LogP contribution in [0.15, 0.2) is 47.5 Å². The van der Waals surface area contributed by atoms with Gasteiger partial charge < -0.3 is 4.74 Å². The molecule has 0 radical (unpaired) electrons. The molecule has 2 aromatic carbocycles. The van der Waals surface area contributed by atoms with E-state index in [1.807, 2.05) is 18.3 Å². The monoisotopic (exact) mass is 379 g/mol. The van der Waals surface area contributed by atoms with Gasteiger partial charge in [0.2, 0.25) is 0 Å². The standard InChI is InChI=1S/C26H37NO/c1-4-6-8-9-10-11-12-23-15-18-26(22(3)20-23)27-21-24-13-16-25(17-14-24)28-19-7-5-2/h13-18,20-21H,4-12,19H2,1-3H3. The summed E-state index contributed by atoms with van der Waals surface area (Å²) in [6, 6.07) is 14.8. The highest BCUT2D eigenvalue weighted by Gasteiger charge is 2.00. The van der Waals surface area contributed by atoms with E-state index in [9.17, 15) is 0 Å². The molecule has 0 fully saturated rings. The lowest BCUT2D eigenvalue weighted by molar-refractivity contribution is 0.309. The normalized spacial score (nSPS) is 11.2. The largest absolute Gasteiger partial charge is 0.494 e. The summed E-state index contributed by atoms with van der Waals surface area (Å²) < 4.78 is 5.71. The summed E-state index contributed by atoms with van der Waals surface area (Å²) >= 11 is 0. The highest BCUT2D eigenvalue weighted by atomic mass is 16.5. The molecule has 0 saturated heterocycles. The summed E-state index contributed by atoms with van der Waals surface area (Å²) in [6.07, 6.45) is 13.4. The highest BCUT2D eigenvalue weighted by molar-refractivity contribution is 5.82. The van der Waals surface area contributed by atoms with Gasteiger partial charge in [0.05, 0.1) is 12.3 Å². The molecule has 0 aromatic heterocycles. The van der Waals surface area contributed by atoms with Crippen LogP contribution in [0.2, 0.25) is 0 Å². The highest BCUT2D eigenvalue weighted by Crippen LogP contribution is 2.21. The van der Waals surface area contributed by atoms with Gasteiger partial charge in [-0.15, -0.1) is 0 Å². The van der Waals surface area contributed by atoms with Crippen LogP contribution in [0.4, 0.5) is 5.69 Å². The summed E-state index contributed by atoms with van der Waals surface area (Å²) in [5.41, 5.74) is 4.83. The number of ether oxygens (including phenoxy) is 1. The van der Waals surface area contributed by atoms with E-state index in [0.717, 1.165) is 36.4 Å². The van der Waals surface area contributed by atoms with E-state index in [1.165, 1.54) is 56.1 Å². The molecule has 0 aliphatic rings. The van der Waals surface area contributed by atoms with Crippen molar-refractivity contribution in [3.05, 3.63) is 59.2 Å². The van der Waals surface area contributed by atoms with Gasteiger partial charge in [0.25, 0.3) is 0 Å². The lowest BCUT2D eigenvalue weighted by atomic mass is 10.0. The van der Waals surface area contributed by atoms with Crippen LogP contribution in [0.1, 0.15) is 81.9 Å². The van der Waals surface area contributed by atoms with Crippen molar-refractivity contribution in [2.45, 2.75) is 78.6 Å². The van der Waals surface area contributed by atoms with Crippen LogP contribution in [0, 0.1) is 6.92 Å². The van der Waals surface area contributed by atoms with Crippen molar-refractivity contribution in [2.24, 2.45) is 4.99 Å². The third-order valence-corrected chi connectivity index (χ3v) is 5.08. The quantitative estimate of drug-likeness (QED) is 0.257. The summed E-state index contributed by atoms with van der Waals surface area (Å²) in [6.45, 7) is 7.38. The fourth-order valence-corrected chi connectivity index (χ4v) is 3.26. The molecule has 2 aromatic rings. The van der Waals surface area contributed by atoms with Crippen molar-refractivity contribution in [1.82, 2.24) is 0 Å². The number of aryl methyl sites for hydroxylation is 2. The molecule has 0 aliphatic heterocycles. The van der Waals surface area contributed by atoms with Crippen LogP contribution >= 0.6 is 0 Å². The Labute approximate surface area is 172 Å². The second-order valence-corrected chi connectivity index (χ2v) is 7.67. The van der Waals surface area contributed by atoms with E-state index >= 15 is 0 Å². The predicted molar refractivity (Wildman–Crippen MR) is 122 cm³/mol. The van der Waals surface area contributed by atoms with E-state index in [2.05, 4.69) is 56.1 Å². The molecule has 0 unspecified atom stereocenters. The number of rotatable bonds is 13. The fourth-order valence-electron chi connectivity index (χ4n) is 3.26. The van der Waals surface area contributed by atoms with Crippen molar-refractivity contribution in [1.29, 1.82) is 0 Å². The maximum atomic E-state index is 5.71. The zero-order valence-corrected chi connectivity index (χ0v) is 18.0. The van der Waals surface area contributed by atoms with Crippen molar-refractivity contribution in [3.8, 4) is 5.75 Å². The van der Waals surface area contributed by atoms with Gasteiger partial charge in [0, 0.05) is 6.21 Å². The SMILES string of the molecule is CCCCCCCCc1ccc(N=Cc2ccc(OCCCC)cc2)c(C)c1. The third-order valence-electron chi connectivity index (χ3n) is 5.08. The molecule has 0 spiro atoms. The number of benzene rings is 2. The van der Waals surface area contributed by atoms with Gasteiger partial charge in [-0.05, 0) is 73.2 Å². The number of aliphatic imine (C=N–C) groups is 1. The minimum absolute atomic E-state index is 0.786. The molecule has 0 atom stereocenters. The maximum Gasteiger partial charge on any atom is 0.119 e. The second-order valence-electron chi connectivity index (χ2n) is 7.67. The van der Waals surface area contributed by atoms with E-state index < -0.39 is 0 Å². The lowest BCUT2D eigenvalue weighted by Gasteiger charge is -2.06. The Morgan fingerprint density at radius 1 is 0.821 bits per heavy atom. The second kappa shape index (κ2) is 13.1. The Hall–Kier alpha value is -2.09. The van der Waals surface area contributed by atoms with Crippen LogP contribution in [-0.2, 0) is 6.42 Å². The van der Waals surface area contributed by atoms with Gasteiger partial charge in [0.15, 0.2) is 0 Å². The molecule has 0 amide bonds. The third kappa shape index (κ3) is 8.29. The average Bonchev–Trinajstić information content (AvgIpc) is 2.71. The molecule has 0 aliphatic carbocycles. The Kier molecular flexibility index (Phi) is 10.4. The number of hydrogen-bond donors (Lipinski definition) is 0. The molecule has 2 heteroatoms. The maximum absolute atomic E-state index is 5.71. The molecule has 0 saturated carbocycles. The first-order valence-corrected chi connectivity index (χ1v) is 11.1. The number of unbranched alkanes of at least 4 members (excludes halogenated alkanes) is 6. The zero-order valence-electron chi connectivity index (χ0n) is 18.0. The first kappa shape index (κ1) is 22.2. The van der Waals surface area contributed by atoms with Gasteiger partial charge in [-0.3, -0.25) is 4.99 Å². The molecule has 28 heavy (non-hydrogen) atoms. The van der Waals surface area contributed by atoms with Crippen molar-refractivity contribution < 1.29 is 4.74 Å². The van der Waals surface area contributed by atoms with Crippen LogP contribution in [-0.4, -0.2) is 12.8 Å². The average molecular weight is 380 g/mol. The van der Waals surface area contributed by atoms with E-state index in [4.69, 9.17) is 4.74 Å². The van der Waals surface area contributed by atoms with Gasteiger partial charge in [-0.25, -0.2) is 0 Å². The lowest BCUT2D eigenvalue weighted by Crippen LogP contribution is -1.96. The molecule has 0 heterocycles. The number of nitrogens with zero attached hydrogens (tertiary/aromatic N) is 1. The van der Waals surface area contributed by atoms with Crippen LogP contribution in [0.5, 0.6) is 5.75 Å². The fraction of sp³-hybridized carbons (Fsp3) is 0.500. The summed E-state index contributed by atoms with van der Waals surface area (Å²) in [5.74, 6) is 0.931. The first-order chi connectivity index (χ1) is 13.7. The smallest absolute Gasteiger partial charge is 0.119 e. The molecular formula is C26H37NO. The number of hydrogen-bond acceptors (Lipinski definition) is 2. The summed E-state index contributed by atoms with van der Waals surface area (Å²) in [5, 5.41) is 0. The summed E-state index contributed by atoms with van der Waals surface area (Å²) in [4.78, 5) is 4.69. The van der Waals surface area contributed by atoms with Crippen LogP contribution in [0.25, 0.3) is 0 Å². The Bertz CT molecular complexity index is 703. The Morgan fingerprint density at radius 2 is 1.54 bits per heavy atom. The molecule has 2 nitrogen and oxygen atoms in total. The van der Waals surface area contributed by atoms with Gasteiger partial charge in [-0.2, -0.15) is 0 Å². The van der Waals surface area contributed by atoms with Gasteiger partial charge in [-0.1, -0.05) is 64.5 Å². The predicted octanol–water partition coefficient (Wildman–Crippen LogP) is 7.83. The molecule has 2 rings (SSSR count). The van der Waals surface area contributed by atoms with E-state index in [-0.39, 0.29) is 0 Å². The van der Waals surface area contributed by atoms with Gasteiger partial charge in [0.1, 0.15) is 5.75 Å². The van der Waals surface area contributed by atoms with Crippen molar-refractivity contribution >= 4 is 11.9 Å². The van der Waals surface area contributed by atoms with Crippen LogP contribution < -0.4 is 4.74 Å². The molecule has 0 bridgehead atoms. The van der Waals surface area contributed by atoms with Crippen molar-refractivity contribution in [3.63, 3.8) is 0 Å². The Balaban J connectivity index is 1.83. The van der Waals surface area contributed by atoms with Crippen LogP contribution in [0.3, 0.4) is 0 Å². The zero-order chi connectivity index (χ0) is 20.0. The summed E-state index contributed by atoms with van der Waals surface area (Å²) in [7, 11) is 0. The minimum atomic E-state index is 0.786. The van der Waals surface area contributed by atoms with E-state index in [0.29, 0.717) is 0 Å². The first-order valence-electron chi connectivity index (χ1n) is 11.1. The van der Waals surface area contributed by atoms with Gasteiger partial charge >= 0.3 is 0 Å². The molecule has 152 valence electrons. The topological polar surface area (TPSA) is 21.6 Å². The Morgan fingerprint density at radius 3 is 2.25 bits per heavy atom. The minimum Gasteiger partial charge on any atom is -0.494 e.